The quantitative estimate of drug-likeness (QED) is 0.756. The summed E-state index contributed by atoms with van der Waals surface area (Å²) in [7, 11) is 0. The van der Waals surface area contributed by atoms with Crippen molar-refractivity contribution in [1.82, 2.24) is 0 Å². The smallest absolute Gasteiger partial charge is 0.227 e. The number of unbranched alkanes of at least 4 members (excludes halogenated alkanes) is 1. The zero-order valence-corrected chi connectivity index (χ0v) is 12.7. The minimum Gasteiger partial charge on any atom is -0.389 e. The summed E-state index contributed by atoms with van der Waals surface area (Å²) in [6.45, 7) is 4.06. The molecule has 1 unspecified atom stereocenters. The first-order chi connectivity index (χ1) is 9.51. The van der Waals surface area contributed by atoms with E-state index < -0.39 is 5.82 Å². The largest absolute Gasteiger partial charge is 0.389 e. The molecule has 0 aliphatic carbocycles. The lowest BCUT2D eigenvalue weighted by atomic mass is 9.98. The maximum atomic E-state index is 13.7. The molecule has 0 fully saturated rings. The van der Waals surface area contributed by atoms with Gasteiger partial charge in [0.1, 0.15) is 10.8 Å². The van der Waals surface area contributed by atoms with Gasteiger partial charge in [0.05, 0.1) is 11.3 Å². The summed E-state index contributed by atoms with van der Waals surface area (Å²) >= 11 is 4.84. The first-order valence-electron chi connectivity index (χ1n) is 6.90. The van der Waals surface area contributed by atoms with Crippen LogP contribution < -0.4 is 11.1 Å². The van der Waals surface area contributed by atoms with Gasteiger partial charge in [0, 0.05) is 5.92 Å². The summed E-state index contributed by atoms with van der Waals surface area (Å²) in [5.41, 5.74) is 5.96. The van der Waals surface area contributed by atoms with Gasteiger partial charge in [-0.05, 0) is 25.0 Å². The Bertz CT molecular complexity index is 491. The SMILES string of the molecule is CCCCC(CC)C(=O)Nc1cccc(F)c1C(N)=S. The van der Waals surface area contributed by atoms with Crippen molar-refractivity contribution in [3.05, 3.63) is 29.6 Å². The standard InChI is InChI=1S/C15H21FN2OS/c1-3-5-7-10(4-2)15(19)18-12-9-6-8-11(16)13(12)14(17)20/h6,8-10H,3-5,7H2,1-2H3,(H2,17,20)(H,18,19). The van der Waals surface area contributed by atoms with Gasteiger partial charge in [-0.3, -0.25) is 4.79 Å². The van der Waals surface area contributed by atoms with E-state index in [4.69, 9.17) is 18.0 Å². The number of amides is 1. The van der Waals surface area contributed by atoms with Crippen LogP contribution in [0.2, 0.25) is 0 Å². The molecule has 1 amide bonds. The van der Waals surface area contributed by atoms with Crippen molar-refractivity contribution in [3.63, 3.8) is 0 Å². The monoisotopic (exact) mass is 296 g/mol. The molecular weight excluding hydrogens is 275 g/mol. The lowest BCUT2D eigenvalue weighted by molar-refractivity contribution is -0.120. The van der Waals surface area contributed by atoms with Gasteiger partial charge in [-0.1, -0.05) is 45.0 Å². The zero-order valence-electron chi connectivity index (χ0n) is 11.9. The van der Waals surface area contributed by atoms with Gasteiger partial charge in [-0.25, -0.2) is 4.39 Å². The van der Waals surface area contributed by atoms with E-state index in [1.807, 2.05) is 6.92 Å². The summed E-state index contributed by atoms with van der Waals surface area (Å²) in [6, 6.07) is 4.42. The number of carbonyl (C=O) groups excluding carboxylic acids is 1. The molecule has 20 heavy (non-hydrogen) atoms. The van der Waals surface area contributed by atoms with Gasteiger partial charge < -0.3 is 11.1 Å². The van der Waals surface area contributed by atoms with E-state index >= 15 is 0 Å². The summed E-state index contributed by atoms with van der Waals surface area (Å²) < 4.78 is 13.7. The fourth-order valence-corrected chi connectivity index (χ4v) is 2.29. The van der Waals surface area contributed by atoms with Crippen molar-refractivity contribution in [2.45, 2.75) is 39.5 Å². The number of nitrogens with one attached hydrogen (secondary N) is 1. The molecule has 3 N–H and O–H groups in total. The van der Waals surface area contributed by atoms with E-state index in [1.165, 1.54) is 12.1 Å². The Morgan fingerprint density at radius 1 is 1.45 bits per heavy atom. The Morgan fingerprint density at radius 2 is 2.15 bits per heavy atom. The number of nitrogens with two attached hydrogens (primary N) is 1. The molecule has 5 heteroatoms. The first-order valence-corrected chi connectivity index (χ1v) is 7.31. The molecule has 3 nitrogen and oxygen atoms in total. The highest BCUT2D eigenvalue weighted by Gasteiger charge is 2.19. The van der Waals surface area contributed by atoms with Crippen molar-refractivity contribution < 1.29 is 9.18 Å². The van der Waals surface area contributed by atoms with E-state index in [-0.39, 0.29) is 22.4 Å². The third-order valence-corrected chi connectivity index (χ3v) is 3.49. The highest BCUT2D eigenvalue weighted by atomic mass is 32.1. The molecule has 110 valence electrons. The van der Waals surface area contributed by atoms with Gasteiger partial charge in [-0.2, -0.15) is 0 Å². The second-order valence-corrected chi connectivity index (χ2v) is 5.20. The number of carbonyl (C=O) groups is 1. The molecule has 1 rings (SSSR count). The molecule has 0 aromatic heterocycles. The summed E-state index contributed by atoms with van der Waals surface area (Å²) in [5.74, 6) is -0.696. The highest BCUT2D eigenvalue weighted by Crippen LogP contribution is 2.21. The summed E-state index contributed by atoms with van der Waals surface area (Å²) in [6.07, 6.45) is 3.62. The third kappa shape index (κ3) is 4.27. The van der Waals surface area contributed by atoms with Crippen molar-refractivity contribution in [1.29, 1.82) is 0 Å². The number of benzene rings is 1. The Labute approximate surface area is 124 Å². The van der Waals surface area contributed by atoms with E-state index in [0.717, 1.165) is 25.7 Å². The molecule has 0 saturated carbocycles. The molecule has 1 aromatic rings. The topological polar surface area (TPSA) is 55.1 Å². The molecular formula is C15H21FN2OS. The Balaban J connectivity index is 2.89. The Morgan fingerprint density at radius 3 is 2.70 bits per heavy atom. The van der Waals surface area contributed by atoms with Crippen molar-refractivity contribution in [3.8, 4) is 0 Å². The van der Waals surface area contributed by atoms with Crippen molar-refractivity contribution in [2.24, 2.45) is 11.7 Å². The molecule has 1 atom stereocenters. The molecule has 0 aliphatic rings. The van der Waals surface area contributed by atoms with E-state index in [9.17, 15) is 9.18 Å². The second-order valence-electron chi connectivity index (χ2n) is 4.76. The van der Waals surface area contributed by atoms with Crippen LogP contribution in [0.3, 0.4) is 0 Å². The van der Waals surface area contributed by atoms with Crippen LogP contribution in [-0.2, 0) is 4.79 Å². The predicted octanol–water partition coefficient (Wildman–Crippen LogP) is 3.61. The Hall–Kier alpha value is -1.49. The summed E-state index contributed by atoms with van der Waals surface area (Å²) in [4.78, 5) is 12.2. The molecule has 0 bridgehead atoms. The zero-order chi connectivity index (χ0) is 15.1. The van der Waals surface area contributed by atoms with Crippen LogP contribution in [0.15, 0.2) is 18.2 Å². The predicted molar refractivity (Wildman–Crippen MR) is 84.2 cm³/mol. The maximum absolute atomic E-state index is 13.7. The van der Waals surface area contributed by atoms with Gasteiger partial charge >= 0.3 is 0 Å². The average Bonchev–Trinajstić information content (AvgIpc) is 2.39. The molecule has 0 aliphatic heterocycles. The van der Waals surface area contributed by atoms with Gasteiger partial charge in [0.15, 0.2) is 0 Å². The molecule has 0 saturated heterocycles. The van der Waals surface area contributed by atoms with Crippen LogP contribution in [-0.4, -0.2) is 10.9 Å². The lowest BCUT2D eigenvalue weighted by Gasteiger charge is -2.16. The van der Waals surface area contributed by atoms with Gasteiger partial charge in [0.2, 0.25) is 5.91 Å². The number of anilines is 1. The molecule has 0 heterocycles. The lowest BCUT2D eigenvalue weighted by Crippen LogP contribution is -2.24. The average molecular weight is 296 g/mol. The van der Waals surface area contributed by atoms with Crippen LogP contribution >= 0.6 is 12.2 Å². The maximum Gasteiger partial charge on any atom is 0.227 e. The minimum atomic E-state index is -0.517. The minimum absolute atomic E-state index is 0.0555. The highest BCUT2D eigenvalue weighted by molar-refractivity contribution is 7.80. The summed E-state index contributed by atoms with van der Waals surface area (Å²) in [5, 5.41) is 2.75. The number of thiocarbonyl (C=S) groups is 1. The fourth-order valence-electron chi connectivity index (χ4n) is 2.08. The van der Waals surface area contributed by atoms with Crippen molar-refractivity contribution in [2.75, 3.05) is 5.32 Å². The number of halogens is 1. The van der Waals surface area contributed by atoms with E-state index in [2.05, 4.69) is 12.2 Å². The van der Waals surface area contributed by atoms with Crippen LogP contribution in [0.1, 0.15) is 45.1 Å². The van der Waals surface area contributed by atoms with E-state index in [0.29, 0.717) is 5.69 Å². The normalized spacial score (nSPS) is 11.9. The number of rotatable bonds is 7. The third-order valence-electron chi connectivity index (χ3n) is 3.29. The van der Waals surface area contributed by atoms with Crippen molar-refractivity contribution >= 4 is 28.8 Å². The molecule has 0 radical (unpaired) electrons. The van der Waals surface area contributed by atoms with Gasteiger partial charge in [-0.15, -0.1) is 0 Å². The fraction of sp³-hybridized carbons (Fsp3) is 0.467. The van der Waals surface area contributed by atoms with Crippen LogP contribution in [0.25, 0.3) is 0 Å². The van der Waals surface area contributed by atoms with Gasteiger partial charge in [0.25, 0.3) is 0 Å². The first kappa shape index (κ1) is 16.6. The van der Waals surface area contributed by atoms with E-state index in [1.54, 1.807) is 6.07 Å². The van der Waals surface area contributed by atoms with Crippen LogP contribution in [0.4, 0.5) is 10.1 Å². The molecule has 0 spiro atoms. The van der Waals surface area contributed by atoms with Crippen LogP contribution in [0.5, 0.6) is 0 Å². The molecule has 1 aromatic carbocycles. The Kier molecular flexibility index (Phi) is 6.58. The number of hydrogen-bond donors (Lipinski definition) is 2. The number of hydrogen-bond acceptors (Lipinski definition) is 2. The second kappa shape index (κ2) is 7.94. The van der Waals surface area contributed by atoms with Crippen LogP contribution in [0, 0.1) is 11.7 Å².